The molecule has 1 unspecified atom stereocenters. The molecule has 1 amide bonds. The van der Waals surface area contributed by atoms with E-state index in [1.165, 1.54) is 12.1 Å². The normalized spacial score (nSPS) is 15.2. The minimum atomic E-state index is -5.67. The van der Waals surface area contributed by atoms with Gasteiger partial charge in [-0.05, 0) is 76.1 Å². The van der Waals surface area contributed by atoms with Crippen molar-refractivity contribution < 1.29 is 46.1 Å². The van der Waals surface area contributed by atoms with Crippen molar-refractivity contribution in [1.82, 2.24) is 20.5 Å². The number of halogens is 6. The highest BCUT2D eigenvalue weighted by Crippen LogP contribution is 2.43. The number of amides is 1. The molecule has 14 heteroatoms. The van der Waals surface area contributed by atoms with Gasteiger partial charge in [-0.25, -0.2) is 18.2 Å². The van der Waals surface area contributed by atoms with Crippen LogP contribution in [0.15, 0.2) is 42.5 Å². The van der Waals surface area contributed by atoms with E-state index < -0.39 is 64.2 Å². The number of aliphatic hydroxyl groups is 2. The molecule has 8 nitrogen and oxygen atoms in total. The largest absolute Gasteiger partial charge is 0.488 e. The maximum absolute atomic E-state index is 15.7. The number of nitrogens with zero attached hydrogens (tertiary/aromatic N) is 3. The van der Waals surface area contributed by atoms with E-state index in [9.17, 15) is 32.6 Å². The van der Waals surface area contributed by atoms with Crippen LogP contribution in [0, 0.1) is 24.4 Å². The van der Waals surface area contributed by atoms with Gasteiger partial charge in [0, 0.05) is 16.5 Å². The lowest BCUT2D eigenvalue weighted by atomic mass is 9.89. The maximum Gasteiger partial charge on any atom is 0.424 e. The summed E-state index contributed by atoms with van der Waals surface area (Å²) < 4.78 is 94.2. The first-order valence-electron chi connectivity index (χ1n) is 13.4. The van der Waals surface area contributed by atoms with Gasteiger partial charge in [0.1, 0.15) is 28.5 Å². The number of hydrogen-bond acceptors (Lipinski definition) is 7. The summed E-state index contributed by atoms with van der Waals surface area (Å²) in [5, 5.41) is 32.0. The highest BCUT2D eigenvalue weighted by Gasteiger charge is 2.58. The quantitative estimate of drug-likeness (QED) is 0.227. The molecule has 3 N–H and O–H groups in total. The van der Waals surface area contributed by atoms with E-state index in [2.05, 4.69) is 15.2 Å². The predicted molar refractivity (Wildman–Crippen MR) is 145 cm³/mol. The minimum Gasteiger partial charge on any atom is -0.488 e. The Bertz CT molecular complexity index is 1750. The molecule has 1 aliphatic carbocycles. The summed E-state index contributed by atoms with van der Waals surface area (Å²) in [7, 11) is 0. The van der Waals surface area contributed by atoms with Crippen LogP contribution in [0.25, 0.3) is 22.2 Å². The number of pyridine rings is 1. The van der Waals surface area contributed by atoms with E-state index in [1.807, 2.05) is 5.32 Å². The molecule has 0 spiro atoms. The molecular formula is C30H26F6N4O4. The first-order chi connectivity index (χ1) is 20.5. The van der Waals surface area contributed by atoms with Crippen molar-refractivity contribution in [2.45, 2.75) is 57.1 Å². The average Bonchev–Trinajstić information content (AvgIpc) is 3.74. The zero-order valence-corrected chi connectivity index (χ0v) is 23.6. The smallest absolute Gasteiger partial charge is 0.424 e. The van der Waals surface area contributed by atoms with Gasteiger partial charge in [-0.15, -0.1) is 5.10 Å². The van der Waals surface area contributed by atoms with Crippen LogP contribution in [-0.2, 0) is 11.2 Å². The fraction of sp³-hybridized carbons (Fsp3) is 0.333. The van der Waals surface area contributed by atoms with Crippen LogP contribution in [0.3, 0.4) is 0 Å². The zero-order valence-electron chi connectivity index (χ0n) is 23.6. The summed E-state index contributed by atoms with van der Waals surface area (Å²) in [5.41, 5.74) is -9.99. The van der Waals surface area contributed by atoms with Crippen molar-refractivity contribution in [2.24, 2.45) is 0 Å². The number of aromatic nitrogens is 3. The second kappa shape index (κ2) is 11.0. The van der Waals surface area contributed by atoms with Crippen LogP contribution in [0.5, 0.6) is 5.75 Å². The molecule has 1 saturated carbocycles. The van der Waals surface area contributed by atoms with E-state index >= 15 is 8.78 Å². The number of benzene rings is 2. The number of ether oxygens (including phenoxy) is 1. The number of fused-ring (bicyclic) bond motifs is 1. The van der Waals surface area contributed by atoms with Crippen molar-refractivity contribution in [3.8, 4) is 17.0 Å². The van der Waals surface area contributed by atoms with Gasteiger partial charge in [-0.2, -0.15) is 18.3 Å². The topological polar surface area (TPSA) is 117 Å². The van der Waals surface area contributed by atoms with Gasteiger partial charge in [0.2, 0.25) is 5.60 Å². The van der Waals surface area contributed by atoms with Crippen molar-refractivity contribution in [3.05, 3.63) is 82.4 Å². The lowest BCUT2D eigenvalue weighted by Crippen LogP contribution is -2.52. The third-order valence-corrected chi connectivity index (χ3v) is 7.03. The van der Waals surface area contributed by atoms with Crippen molar-refractivity contribution in [2.75, 3.05) is 6.54 Å². The van der Waals surface area contributed by atoms with Crippen molar-refractivity contribution >= 4 is 16.8 Å². The fourth-order valence-corrected chi connectivity index (χ4v) is 4.60. The molecule has 44 heavy (non-hydrogen) atoms. The molecule has 0 saturated heterocycles. The number of aryl methyl sites for hydroxylation is 1. The number of carbonyl (C=O) groups is 1. The molecule has 5 rings (SSSR count). The Labute approximate surface area is 246 Å². The Morgan fingerprint density at radius 2 is 1.66 bits per heavy atom. The standard InChI is InChI=1S/C30H26F6N4O4/c1-14-10-16-11-17(12-20(24(16)40-39-14)44-19-8-9-19)27(41)37-13-29(43,30(34,35)36)26-23(33)21(28(2,3)42)22(32)25(38-26)15-4-6-18(31)7-5-15/h4-7,10-12,19,42-43H,8-9,13H2,1-3H3,(H,37,41). The van der Waals surface area contributed by atoms with E-state index in [0.717, 1.165) is 51.0 Å². The third-order valence-electron chi connectivity index (χ3n) is 7.03. The van der Waals surface area contributed by atoms with Gasteiger partial charge in [-0.3, -0.25) is 4.79 Å². The lowest BCUT2D eigenvalue weighted by Gasteiger charge is -2.32. The maximum atomic E-state index is 15.7. The van der Waals surface area contributed by atoms with Crippen LogP contribution in [0.4, 0.5) is 26.3 Å². The molecule has 0 aliphatic heterocycles. The molecule has 1 aliphatic rings. The number of alkyl halides is 3. The highest BCUT2D eigenvalue weighted by atomic mass is 19.4. The summed E-state index contributed by atoms with van der Waals surface area (Å²) in [6.07, 6.45) is -4.26. The highest BCUT2D eigenvalue weighted by molar-refractivity contribution is 5.99. The number of hydrogen-bond donors (Lipinski definition) is 3. The van der Waals surface area contributed by atoms with Crippen molar-refractivity contribution in [3.63, 3.8) is 0 Å². The first-order valence-corrected chi connectivity index (χ1v) is 13.4. The van der Waals surface area contributed by atoms with Crippen molar-refractivity contribution in [1.29, 1.82) is 0 Å². The summed E-state index contributed by atoms with van der Waals surface area (Å²) in [6.45, 7) is 1.85. The van der Waals surface area contributed by atoms with Gasteiger partial charge in [0.05, 0.1) is 29.5 Å². The third kappa shape index (κ3) is 5.91. The van der Waals surface area contributed by atoms with Crippen LogP contribution in [0.2, 0.25) is 0 Å². The monoisotopic (exact) mass is 620 g/mol. The molecule has 2 aromatic heterocycles. The van der Waals surface area contributed by atoms with Crippen LogP contribution in [-0.4, -0.2) is 50.1 Å². The molecular weight excluding hydrogens is 594 g/mol. The van der Waals surface area contributed by atoms with Crippen LogP contribution < -0.4 is 10.1 Å². The number of carbonyl (C=O) groups excluding carboxylic acids is 1. The minimum absolute atomic E-state index is 0.122. The first kappa shape index (κ1) is 31.1. The average molecular weight is 621 g/mol. The molecule has 2 heterocycles. The Kier molecular flexibility index (Phi) is 7.79. The van der Waals surface area contributed by atoms with Gasteiger partial charge in [-0.1, -0.05) is 0 Å². The SMILES string of the molecule is Cc1cc2cc(C(=O)NCC(O)(c3nc(-c4ccc(F)cc4)c(F)c(C(C)(C)O)c3F)C(F)(F)F)cc(OC3CC3)c2nn1. The van der Waals surface area contributed by atoms with E-state index in [1.54, 1.807) is 13.0 Å². The zero-order chi connectivity index (χ0) is 32.2. The molecule has 1 atom stereocenters. The van der Waals surface area contributed by atoms with E-state index in [4.69, 9.17) is 4.74 Å². The summed E-state index contributed by atoms with van der Waals surface area (Å²) in [5.74, 6) is -5.16. The summed E-state index contributed by atoms with van der Waals surface area (Å²) in [6, 6.07) is 7.92. The Morgan fingerprint density at radius 1 is 1.00 bits per heavy atom. The summed E-state index contributed by atoms with van der Waals surface area (Å²) >= 11 is 0. The summed E-state index contributed by atoms with van der Waals surface area (Å²) in [4.78, 5) is 16.7. The van der Waals surface area contributed by atoms with Gasteiger partial charge in [0.15, 0.2) is 11.6 Å². The Morgan fingerprint density at radius 3 is 2.25 bits per heavy atom. The number of rotatable bonds is 8. The second-order valence-corrected chi connectivity index (χ2v) is 11.1. The van der Waals surface area contributed by atoms with Gasteiger partial charge < -0.3 is 20.3 Å². The molecule has 0 bridgehead atoms. The van der Waals surface area contributed by atoms with E-state index in [-0.39, 0.29) is 23.0 Å². The fourth-order valence-electron chi connectivity index (χ4n) is 4.60. The molecule has 0 radical (unpaired) electrons. The predicted octanol–water partition coefficient (Wildman–Crippen LogP) is 5.37. The van der Waals surface area contributed by atoms with Crippen LogP contribution >= 0.6 is 0 Å². The molecule has 1 fully saturated rings. The second-order valence-electron chi connectivity index (χ2n) is 11.1. The Balaban J connectivity index is 1.58. The molecule has 2 aromatic carbocycles. The lowest BCUT2D eigenvalue weighted by molar-refractivity contribution is -0.266. The number of nitrogens with one attached hydrogen (secondary N) is 1. The molecule has 232 valence electrons. The van der Waals surface area contributed by atoms with Gasteiger partial charge >= 0.3 is 6.18 Å². The van der Waals surface area contributed by atoms with E-state index in [0.29, 0.717) is 16.6 Å². The molecule has 4 aromatic rings. The Hall–Kier alpha value is -4.30. The van der Waals surface area contributed by atoms with Crippen LogP contribution in [0.1, 0.15) is 54.0 Å². The van der Waals surface area contributed by atoms with Gasteiger partial charge in [0.25, 0.3) is 5.91 Å².